The van der Waals surface area contributed by atoms with E-state index in [9.17, 15) is 38.7 Å². The highest BCUT2D eigenvalue weighted by molar-refractivity contribution is 5.97. The first-order valence-electron chi connectivity index (χ1n) is 18.1. The fraction of sp³-hybridized carbons (Fsp3) is 0.658. The zero-order chi connectivity index (χ0) is 39.8. The van der Waals surface area contributed by atoms with Crippen LogP contribution in [0.5, 0.6) is 0 Å². The Kier molecular flexibility index (Phi) is 19.2. The number of hydrogen-bond acceptors (Lipinski definition) is 8. The van der Waals surface area contributed by atoms with Crippen molar-refractivity contribution in [2.45, 2.75) is 138 Å². The molecule has 1 aromatic carbocycles. The van der Waals surface area contributed by atoms with Gasteiger partial charge in [0.05, 0.1) is 12.6 Å². The molecule has 0 aliphatic carbocycles. The van der Waals surface area contributed by atoms with E-state index < -0.39 is 89.6 Å². The second kappa shape index (κ2) is 21.9. The van der Waals surface area contributed by atoms with Crippen molar-refractivity contribution in [1.29, 1.82) is 0 Å². The van der Waals surface area contributed by atoms with Gasteiger partial charge in [0.25, 0.3) is 0 Å². The van der Waals surface area contributed by atoms with Gasteiger partial charge in [-0.25, -0.2) is 0 Å². The van der Waals surface area contributed by atoms with Crippen LogP contribution in [0.25, 0.3) is 0 Å². The van der Waals surface area contributed by atoms with Crippen LogP contribution < -0.4 is 31.9 Å². The van der Waals surface area contributed by atoms with Crippen LogP contribution >= 0.6 is 0 Å². The van der Waals surface area contributed by atoms with E-state index in [2.05, 4.69) is 31.9 Å². The first kappa shape index (κ1) is 45.7. The molecule has 7 N–H and O–H groups in total. The quantitative estimate of drug-likeness (QED) is 0.0922. The summed E-state index contributed by atoms with van der Waals surface area (Å²) in [7, 11) is 0. The van der Waals surface area contributed by atoms with Crippen molar-refractivity contribution in [2.24, 2.45) is 17.3 Å². The maximum absolute atomic E-state index is 14.1. The normalized spacial score (nSPS) is 14.9. The zero-order valence-electron chi connectivity index (χ0n) is 32.6. The minimum atomic E-state index is -1.29. The van der Waals surface area contributed by atoms with Crippen LogP contribution in [0.15, 0.2) is 24.3 Å². The van der Waals surface area contributed by atoms with Gasteiger partial charge in [-0.1, -0.05) is 92.5 Å². The molecule has 0 bridgehead atoms. The maximum atomic E-state index is 14.1. The van der Waals surface area contributed by atoms with Crippen LogP contribution in [-0.2, 0) is 40.0 Å². The SMILES string of the molecule is CCCC[C@@H](C=O)NC(=O)[C@H](CC(C)C)NC(=O)[C@@H](NC(=O)[C@H](Cc1ccccc1C)NC(=O)[C@H](NC(=O)[C@H](CO)NC(C)=O)C(C)C)C(C)(C)C. The summed E-state index contributed by atoms with van der Waals surface area (Å²) in [4.78, 5) is 91.3. The minimum absolute atomic E-state index is 0.0121. The number of rotatable bonds is 21. The lowest BCUT2D eigenvalue weighted by molar-refractivity contribution is -0.137. The van der Waals surface area contributed by atoms with Crippen molar-refractivity contribution in [3.8, 4) is 0 Å². The average molecular weight is 731 g/mol. The predicted octanol–water partition coefficient (Wildman–Crippen LogP) is 1.60. The standard InChI is InChI=1S/C38H62N6O8/c1-11-12-17-27(20-45)40-33(48)28(18-22(2)3)42-37(52)32(38(8,9)10)44-34(49)29(19-26-16-14-13-15-24(26)6)41-36(51)31(23(4)5)43-35(50)30(21-46)39-25(7)47/h13-16,20,22-23,27-32,46H,11-12,17-19,21H2,1-10H3,(H,39,47)(H,40,48)(H,41,51)(H,42,52)(H,43,50)(H,44,49)/t27-,28-,29-,30-,31+,32+/m0/s1. The maximum Gasteiger partial charge on any atom is 0.245 e. The fourth-order valence-electron chi connectivity index (χ4n) is 5.52. The lowest BCUT2D eigenvalue weighted by Crippen LogP contribution is -2.62. The van der Waals surface area contributed by atoms with Gasteiger partial charge in [-0.2, -0.15) is 0 Å². The van der Waals surface area contributed by atoms with Gasteiger partial charge in [-0.05, 0) is 48.1 Å². The highest BCUT2D eigenvalue weighted by Crippen LogP contribution is 2.21. The molecule has 0 aromatic heterocycles. The first-order valence-corrected chi connectivity index (χ1v) is 18.1. The molecule has 292 valence electrons. The molecule has 0 spiro atoms. The highest BCUT2D eigenvalue weighted by atomic mass is 16.3. The molecular formula is C38H62N6O8. The van der Waals surface area contributed by atoms with Crippen molar-refractivity contribution >= 4 is 41.7 Å². The minimum Gasteiger partial charge on any atom is -0.394 e. The Hall–Kier alpha value is -4.33. The highest BCUT2D eigenvalue weighted by Gasteiger charge is 2.38. The van der Waals surface area contributed by atoms with Gasteiger partial charge in [0.2, 0.25) is 35.4 Å². The summed E-state index contributed by atoms with van der Waals surface area (Å²) in [6.07, 6.45) is 3.09. The summed E-state index contributed by atoms with van der Waals surface area (Å²) >= 11 is 0. The lowest BCUT2D eigenvalue weighted by Gasteiger charge is -2.34. The lowest BCUT2D eigenvalue weighted by atomic mass is 9.85. The second-order valence-electron chi connectivity index (χ2n) is 15.2. The van der Waals surface area contributed by atoms with Crippen LogP contribution in [0, 0.1) is 24.2 Å². The van der Waals surface area contributed by atoms with E-state index in [0.717, 1.165) is 24.0 Å². The Labute approximate surface area is 308 Å². The van der Waals surface area contributed by atoms with Gasteiger partial charge >= 0.3 is 0 Å². The number of aliphatic hydroxyl groups is 1. The van der Waals surface area contributed by atoms with Crippen molar-refractivity contribution in [3.63, 3.8) is 0 Å². The van der Waals surface area contributed by atoms with Crippen molar-refractivity contribution in [1.82, 2.24) is 31.9 Å². The Morgan fingerprint density at radius 1 is 0.769 bits per heavy atom. The van der Waals surface area contributed by atoms with Crippen LogP contribution in [0.3, 0.4) is 0 Å². The Morgan fingerprint density at radius 3 is 1.85 bits per heavy atom. The van der Waals surface area contributed by atoms with E-state index in [0.29, 0.717) is 12.7 Å². The van der Waals surface area contributed by atoms with Crippen LogP contribution in [0.1, 0.15) is 99.1 Å². The smallest absolute Gasteiger partial charge is 0.245 e. The topological polar surface area (TPSA) is 212 Å². The molecule has 6 amide bonds. The number of aryl methyl sites for hydroxylation is 1. The van der Waals surface area contributed by atoms with Gasteiger partial charge < -0.3 is 41.8 Å². The Balaban J connectivity index is 3.43. The summed E-state index contributed by atoms with van der Waals surface area (Å²) in [5, 5.41) is 25.7. The number of aliphatic hydroxyl groups excluding tert-OH is 1. The molecule has 0 aliphatic rings. The summed E-state index contributed by atoms with van der Waals surface area (Å²) in [5.74, 6) is -4.23. The van der Waals surface area contributed by atoms with E-state index in [1.165, 1.54) is 6.92 Å². The van der Waals surface area contributed by atoms with Gasteiger partial charge in [-0.3, -0.25) is 28.8 Å². The summed E-state index contributed by atoms with van der Waals surface area (Å²) in [5.41, 5.74) is 0.779. The molecule has 14 heteroatoms. The first-order chi connectivity index (χ1) is 24.2. The van der Waals surface area contributed by atoms with E-state index in [4.69, 9.17) is 0 Å². The number of carbonyl (C=O) groups excluding carboxylic acids is 7. The molecule has 0 fully saturated rings. The molecule has 6 atom stereocenters. The number of nitrogens with one attached hydrogen (secondary N) is 6. The third-order valence-corrected chi connectivity index (χ3v) is 8.56. The van der Waals surface area contributed by atoms with Crippen molar-refractivity contribution < 1.29 is 38.7 Å². The molecule has 52 heavy (non-hydrogen) atoms. The monoisotopic (exact) mass is 730 g/mol. The zero-order valence-corrected chi connectivity index (χ0v) is 32.6. The third-order valence-electron chi connectivity index (χ3n) is 8.56. The number of unbranched alkanes of at least 4 members (excludes halogenated alkanes) is 1. The van der Waals surface area contributed by atoms with Gasteiger partial charge in [-0.15, -0.1) is 0 Å². The number of carbonyl (C=O) groups is 7. The number of amides is 6. The van der Waals surface area contributed by atoms with Crippen LogP contribution in [0.4, 0.5) is 0 Å². The van der Waals surface area contributed by atoms with Gasteiger partial charge in [0.15, 0.2) is 0 Å². The van der Waals surface area contributed by atoms with Crippen LogP contribution in [-0.4, -0.2) is 89.7 Å². The van der Waals surface area contributed by atoms with E-state index in [1.54, 1.807) is 40.7 Å². The number of benzene rings is 1. The number of hydrogen-bond donors (Lipinski definition) is 7. The Bertz CT molecular complexity index is 1380. The van der Waals surface area contributed by atoms with E-state index >= 15 is 0 Å². The molecule has 0 unspecified atom stereocenters. The molecule has 0 saturated heterocycles. The average Bonchev–Trinajstić information content (AvgIpc) is 3.05. The molecule has 14 nitrogen and oxygen atoms in total. The molecule has 0 radical (unpaired) electrons. The van der Waals surface area contributed by atoms with E-state index in [1.807, 2.05) is 45.9 Å². The largest absolute Gasteiger partial charge is 0.394 e. The summed E-state index contributed by atoms with van der Waals surface area (Å²) < 4.78 is 0. The fourth-order valence-corrected chi connectivity index (χ4v) is 5.52. The number of aldehydes is 1. The molecular weight excluding hydrogens is 668 g/mol. The van der Waals surface area contributed by atoms with Gasteiger partial charge in [0, 0.05) is 13.3 Å². The van der Waals surface area contributed by atoms with E-state index in [-0.39, 0.29) is 18.8 Å². The summed E-state index contributed by atoms with van der Waals surface area (Å²) in [6.45, 7) is 16.8. The molecule has 0 heterocycles. The molecule has 1 aromatic rings. The van der Waals surface area contributed by atoms with Gasteiger partial charge in [0.1, 0.15) is 36.5 Å². The summed E-state index contributed by atoms with van der Waals surface area (Å²) in [6, 6.07) is 0.878. The van der Waals surface area contributed by atoms with Crippen molar-refractivity contribution in [2.75, 3.05) is 6.61 Å². The molecule has 0 saturated carbocycles. The van der Waals surface area contributed by atoms with Crippen molar-refractivity contribution in [3.05, 3.63) is 35.4 Å². The molecule has 0 aliphatic heterocycles. The predicted molar refractivity (Wildman–Crippen MR) is 199 cm³/mol. The van der Waals surface area contributed by atoms with Crippen LogP contribution in [0.2, 0.25) is 0 Å². The second-order valence-corrected chi connectivity index (χ2v) is 15.2. The molecule has 1 rings (SSSR count). The third kappa shape index (κ3) is 15.5. The Morgan fingerprint density at radius 2 is 1.35 bits per heavy atom.